The van der Waals surface area contributed by atoms with E-state index in [2.05, 4.69) is 20.0 Å². The summed E-state index contributed by atoms with van der Waals surface area (Å²) in [7, 11) is 0. The highest BCUT2D eigenvalue weighted by Crippen LogP contribution is 2.16. The highest BCUT2D eigenvalue weighted by molar-refractivity contribution is 5.92. The zero-order valence-electron chi connectivity index (χ0n) is 14.6. The van der Waals surface area contributed by atoms with E-state index >= 15 is 0 Å². The Balaban J connectivity index is 1.43. The van der Waals surface area contributed by atoms with Gasteiger partial charge in [-0.3, -0.25) is 9.69 Å². The fourth-order valence-electron chi connectivity index (χ4n) is 3.41. The van der Waals surface area contributed by atoms with Crippen LogP contribution in [0.1, 0.15) is 27.4 Å². The lowest BCUT2D eigenvalue weighted by Crippen LogP contribution is -2.48. The van der Waals surface area contributed by atoms with Crippen molar-refractivity contribution in [2.45, 2.75) is 20.4 Å². The van der Waals surface area contributed by atoms with Crippen LogP contribution in [0.2, 0.25) is 0 Å². The van der Waals surface area contributed by atoms with Crippen molar-refractivity contribution in [3.63, 3.8) is 0 Å². The molecule has 7 nitrogen and oxygen atoms in total. The van der Waals surface area contributed by atoms with Gasteiger partial charge in [-0.1, -0.05) is 0 Å². The van der Waals surface area contributed by atoms with Crippen LogP contribution in [0, 0.1) is 13.8 Å². The van der Waals surface area contributed by atoms with Crippen LogP contribution in [-0.4, -0.2) is 61.5 Å². The molecule has 4 rings (SSSR count). The molecule has 7 heteroatoms. The minimum Gasteiger partial charge on any atom is -0.357 e. The first-order valence-electron chi connectivity index (χ1n) is 8.58. The molecule has 1 fully saturated rings. The molecule has 25 heavy (non-hydrogen) atoms. The number of carbonyl (C=O) groups is 1. The second-order valence-corrected chi connectivity index (χ2v) is 6.60. The summed E-state index contributed by atoms with van der Waals surface area (Å²) < 4.78 is 1.90. The van der Waals surface area contributed by atoms with Crippen LogP contribution < -0.4 is 0 Å². The number of H-pyrrole nitrogens is 1. The van der Waals surface area contributed by atoms with E-state index < -0.39 is 0 Å². The number of hydrogen-bond donors (Lipinski definition) is 1. The monoisotopic (exact) mass is 338 g/mol. The van der Waals surface area contributed by atoms with Crippen molar-refractivity contribution in [2.24, 2.45) is 0 Å². The van der Waals surface area contributed by atoms with Crippen molar-refractivity contribution < 1.29 is 4.79 Å². The Labute approximate surface area is 146 Å². The number of amides is 1. The second-order valence-electron chi connectivity index (χ2n) is 6.60. The molecule has 0 aromatic carbocycles. The number of carbonyl (C=O) groups excluding carboxylic acids is 1. The molecule has 1 aliphatic rings. The van der Waals surface area contributed by atoms with Crippen LogP contribution in [0.3, 0.4) is 0 Å². The van der Waals surface area contributed by atoms with Gasteiger partial charge in [0.1, 0.15) is 5.69 Å². The summed E-state index contributed by atoms with van der Waals surface area (Å²) in [6.07, 6.45) is 3.69. The summed E-state index contributed by atoms with van der Waals surface area (Å²) >= 11 is 0. The van der Waals surface area contributed by atoms with Crippen molar-refractivity contribution in [3.05, 3.63) is 53.2 Å². The summed E-state index contributed by atoms with van der Waals surface area (Å²) in [6, 6.07) is 5.71. The number of hydrogen-bond acceptors (Lipinski definition) is 4. The second kappa shape index (κ2) is 6.33. The Hall–Kier alpha value is -2.67. The van der Waals surface area contributed by atoms with Gasteiger partial charge in [0.15, 0.2) is 5.65 Å². The summed E-state index contributed by atoms with van der Waals surface area (Å²) in [5.41, 5.74) is 4.83. The molecule has 0 atom stereocenters. The van der Waals surface area contributed by atoms with E-state index in [4.69, 9.17) is 0 Å². The predicted octanol–water partition coefficient (Wildman–Crippen LogP) is 1.63. The Morgan fingerprint density at radius 2 is 2.04 bits per heavy atom. The van der Waals surface area contributed by atoms with E-state index in [1.165, 1.54) is 0 Å². The predicted molar refractivity (Wildman–Crippen MR) is 94.4 cm³/mol. The lowest BCUT2D eigenvalue weighted by Gasteiger charge is -2.34. The first-order chi connectivity index (χ1) is 12.1. The summed E-state index contributed by atoms with van der Waals surface area (Å²) in [6.45, 7) is 8.05. The lowest BCUT2D eigenvalue weighted by atomic mass is 10.2. The van der Waals surface area contributed by atoms with Crippen molar-refractivity contribution >= 4 is 11.6 Å². The minimum absolute atomic E-state index is 0.0774. The molecule has 0 unspecified atom stereocenters. The van der Waals surface area contributed by atoms with Crippen LogP contribution >= 0.6 is 0 Å². The van der Waals surface area contributed by atoms with Crippen molar-refractivity contribution in [1.29, 1.82) is 0 Å². The highest BCUT2D eigenvalue weighted by Gasteiger charge is 2.23. The van der Waals surface area contributed by atoms with E-state index in [9.17, 15) is 4.79 Å². The number of aromatic amines is 1. The number of piperazine rings is 1. The van der Waals surface area contributed by atoms with Crippen molar-refractivity contribution in [3.8, 4) is 0 Å². The van der Waals surface area contributed by atoms with Gasteiger partial charge in [0, 0.05) is 55.9 Å². The summed E-state index contributed by atoms with van der Waals surface area (Å²) in [5.74, 6) is 0.0774. The topological polar surface area (TPSA) is 69.5 Å². The van der Waals surface area contributed by atoms with Crippen LogP contribution in [0.25, 0.3) is 5.65 Å². The third-order valence-electron chi connectivity index (χ3n) is 4.73. The third-order valence-corrected chi connectivity index (χ3v) is 4.73. The molecule has 1 amide bonds. The molecule has 3 aromatic heterocycles. The first kappa shape index (κ1) is 15.8. The number of aromatic nitrogens is 4. The van der Waals surface area contributed by atoms with Gasteiger partial charge in [-0.25, -0.2) is 9.50 Å². The molecular formula is C18H22N6O. The molecule has 0 bridgehead atoms. The molecule has 4 heterocycles. The Morgan fingerprint density at radius 3 is 2.76 bits per heavy atom. The van der Waals surface area contributed by atoms with Gasteiger partial charge in [0.25, 0.3) is 5.91 Å². The van der Waals surface area contributed by atoms with Gasteiger partial charge in [0.2, 0.25) is 0 Å². The van der Waals surface area contributed by atoms with Crippen LogP contribution in [0.5, 0.6) is 0 Å². The van der Waals surface area contributed by atoms with E-state index in [0.717, 1.165) is 55.3 Å². The summed E-state index contributed by atoms with van der Waals surface area (Å²) in [4.78, 5) is 24.3. The molecule has 3 aromatic rings. The minimum atomic E-state index is 0.0774. The normalized spacial score (nSPS) is 15.8. The number of fused-ring (bicyclic) bond motifs is 1. The average molecular weight is 338 g/mol. The van der Waals surface area contributed by atoms with E-state index in [-0.39, 0.29) is 5.91 Å². The quantitative estimate of drug-likeness (QED) is 0.788. The fourth-order valence-corrected chi connectivity index (χ4v) is 3.41. The number of nitrogens with one attached hydrogen (secondary N) is 1. The Morgan fingerprint density at radius 1 is 1.24 bits per heavy atom. The zero-order chi connectivity index (χ0) is 17.4. The van der Waals surface area contributed by atoms with E-state index in [1.54, 1.807) is 6.20 Å². The first-order valence-corrected chi connectivity index (χ1v) is 8.58. The molecular weight excluding hydrogens is 316 g/mol. The lowest BCUT2D eigenvalue weighted by molar-refractivity contribution is 0.0624. The number of aryl methyl sites for hydroxylation is 2. The Bertz CT molecular complexity index is 890. The standard InChI is InChI=1S/C18H22N6O/c1-13-10-14(2)24-17(21-13)15(11-20-24)12-22-6-8-23(9-7-22)18(25)16-4-3-5-19-16/h3-5,10-11,19H,6-9,12H2,1-2H3. The SMILES string of the molecule is Cc1cc(C)n2ncc(CN3CCN(C(=O)c4ccc[nH]4)CC3)c2n1. The van der Waals surface area contributed by atoms with E-state index in [1.807, 2.05) is 47.7 Å². The largest absolute Gasteiger partial charge is 0.357 e. The van der Waals surface area contributed by atoms with Crippen LogP contribution in [-0.2, 0) is 6.54 Å². The maximum Gasteiger partial charge on any atom is 0.270 e. The molecule has 130 valence electrons. The maximum absolute atomic E-state index is 12.4. The zero-order valence-corrected chi connectivity index (χ0v) is 14.6. The smallest absolute Gasteiger partial charge is 0.270 e. The van der Waals surface area contributed by atoms with Crippen molar-refractivity contribution in [2.75, 3.05) is 26.2 Å². The number of rotatable bonds is 3. The van der Waals surface area contributed by atoms with Crippen molar-refractivity contribution in [1.82, 2.24) is 29.4 Å². The fraction of sp³-hybridized carbons (Fsp3) is 0.389. The van der Waals surface area contributed by atoms with Gasteiger partial charge < -0.3 is 9.88 Å². The molecule has 1 aliphatic heterocycles. The molecule has 0 saturated carbocycles. The van der Waals surface area contributed by atoms with Crippen LogP contribution in [0.15, 0.2) is 30.6 Å². The summed E-state index contributed by atoms with van der Waals surface area (Å²) in [5, 5.41) is 4.46. The Kier molecular flexibility index (Phi) is 4.01. The highest BCUT2D eigenvalue weighted by atomic mass is 16.2. The average Bonchev–Trinajstić information content (AvgIpc) is 3.26. The van der Waals surface area contributed by atoms with Gasteiger partial charge in [-0.05, 0) is 32.0 Å². The third kappa shape index (κ3) is 3.02. The van der Waals surface area contributed by atoms with Gasteiger partial charge in [-0.2, -0.15) is 5.10 Å². The molecule has 0 spiro atoms. The van der Waals surface area contributed by atoms with E-state index in [0.29, 0.717) is 5.69 Å². The maximum atomic E-state index is 12.4. The number of nitrogens with zero attached hydrogens (tertiary/aromatic N) is 5. The van der Waals surface area contributed by atoms with Gasteiger partial charge in [0.05, 0.1) is 6.20 Å². The van der Waals surface area contributed by atoms with Gasteiger partial charge >= 0.3 is 0 Å². The molecule has 0 radical (unpaired) electrons. The molecule has 1 saturated heterocycles. The molecule has 1 N–H and O–H groups in total. The van der Waals surface area contributed by atoms with Gasteiger partial charge in [-0.15, -0.1) is 0 Å². The van der Waals surface area contributed by atoms with Crippen LogP contribution in [0.4, 0.5) is 0 Å². The molecule has 0 aliphatic carbocycles.